The molecule has 3 fully saturated rings. The summed E-state index contributed by atoms with van der Waals surface area (Å²) >= 11 is 0. The van der Waals surface area contributed by atoms with Crippen molar-refractivity contribution in [2.45, 2.75) is 71.0 Å². The Balaban J connectivity index is 1.46. The lowest BCUT2D eigenvalue weighted by atomic mass is 9.44. The fraction of sp³-hybridized carbons (Fsp3) is 0.783. The van der Waals surface area contributed by atoms with E-state index in [-0.39, 0.29) is 23.4 Å². The van der Waals surface area contributed by atoms with Gasteiger partial charge in [-0.1, -0.05) is 19.9 Å². The molecule has 0 bridgehead atoms. The Morgan fingerprint density at radius 3 is 2.67 bits per heavy atom. The van der Waals surface area contributed by atoms with Crippen molar-refractivity contribution in [3.63, 3.8) is 0 Å². The van der Waals surface area contributed by atoms with Crippen LogP contribution in [0, 0.1) is 34.5 Å². The molecule has 4 nitrogen and oxygen atoms in total. The van der Waals surface area contributed by atoms with Gasteiger partial charge in [0.2, 0.25) is 0 Å². The lowest BCUT2D eigenvalue weighted by Crippen LogP contribution is -2.55. The van der Waals surface area contributed by atoms with E-state index in [9.17, 15) is 15.0 Å². The smallest absolute Gasteiger partial charge is 0.331 e. The predicted molar refractivity (Wildman–Crippen MR) is 102 cm³/mol. The summed E-state index contributed by atoms with van der Waals surface area (Å²) in [5, 5.41) is 21.3. The number of carbonyl (C=O) groups excluding carboxylic acids is 1. The molecule has 0 spiro atoms. The number of aliphatic hydroxyl groups excluding tert-OH is 2. The van der Waals surface area contributed by atoms with Gasteiger partial charge in [0.25, 0.3) is 0 Å². The quantitative estimate of drug-likeness (QED) is 0.693. The molecule has 0 aromatic carbocycles. The van der Waals surface area contributed by atoms with Crippen LogP contribution in [0.25, 0.3) is 0 Å². The number of rotatable bonds is 1. The van der Waals surface area contributed by atoms with E-state index in [2.05, 4.69) is 13.8 Å². The van der Waals surface area contributed by atoms with Crippen LogP contribution < -0.4 is 0 Å². The molecule has 3 saturated carbocycles. The van der Waals surface area contributed by atoms with Crippen molar-refractivity contribution >= 4 is 5.97 Å². The van der Waals surface area contributed by atoms with Crippen LogP contribution in [0.5, 0.6) is 0 Å². The molecule has 1 aliphatic heterocycles. The van der Waals surface area contributed by atoms with Crippen molar-refractivity contribution in [1.29, 1.82) is 0 Å². The van der Waals surface area contributed by atoms with E-state index in [4.69, 9.17) is 4.74 Å². The van der Waals surface area contributed by atoms with Gasteiger partial charge >= 0.3 is 5.97 Å². The SMILES string of the molecule is CC12CCC3C(CCC4CC(O)CCC43C)C1C(O)C=C2C1=CC(=O)OC1. The van der Waals surface area contributed by atoms with Gasteiger partial charge in [0.05, 0.1) is 12.2 Å². The molecule has 5 rings (SSSR count). The molecular formula is C23H32O4. The second kappa shape index (κ2) is 5.93. The molecule has 27 heavy (non-hydrogen) atoms. The lowest BCUT2D eigenvalue weighted by Gasteiger charge is -2.61. The lowest BCUT2D eigenvalue weighted by molar-refractivity contribution is -0.135. The minimum Gasteiger partial charge on any atom is -0.458 e. The maximum Gasteiger partial charge on any atom is 0.331 e. The number of esters is 1. The first kappa shape index (κ1) is 17.9. The fourth-order valence-corrected chi connectivity index (χ4v) is 7.90. The molecule has 0 amide bonds. The van der Waals surface area contributed by atoms with Crippen molar-refractivity contribution in [2.24, 2.45) is 34.5 Å². The zero-order valence-corrected chi connectivity index (χ0v) is 16.5. The van der Waals surface area contributed by atoms with Gasteiger partial charge in [-0.2, -0.15) is 0 Å². The molecule has 4 heteroatoms. The van der Waals surface area contributed by atoms with Gasteiger partial charge in [0.15, 0.2) is 0 Å². The molecule has 1 heterocycles. The monoisotopic (exact) mass is 372 g/mol. The van der Waals surface area contributed by atoms with E-state index >= 15 is 0 Å². The number of hydrogen-bond acceptors (Lipinski definition) is 4. The Morgan fingerprint density at radius 1 is 1.11 bits per heavy atom. The highest BCUT2D eigenvalue weighted by molar-refractivity contribution is 5.86. The van der Waals surface area contributed by atoms with Gasteiger partial charge in [-0.15, -0.1) is 0 Å². The molecule has 5 aliphatic rings. The van der Waals surface area contributed by atoms with E-state index in [1.165, 1.54) is 12.8 Å². The molecule has 148 valence electrons. The van der Waals surface area contributed by atoms with Crippen LogP contribution in [0.3, 0.4) is 0 Å². The van der Waals surface area contributed by atoms with Crippen LogP contribution in [-0.4, -0.2) is 35.0 Å². The van der Waals surface area contributed by atoms with Gasteiger partial charge in [0, 0.05) is 17.6 Å². The van der Waals surface area contributed by atoms with E-state index in [0.29, 0.717) is 29.8 Å². The topological polar surface area (TPSA) is 66.8 Å². The Bertz CT molecular complexity index is 724. The van der Waals surface area contributed by atoms with Crippen molar-refractivity contribution in [2.75, 3.05) is 6.61 Å². The number of aliphatic hydroxyl groups is 2. The largest absolute Gasteiger partial charge is 0.458 e. The molecule has 4 aliphatic carbocycles. The fourth-order valence-electron chi connectivity index (χ4n) is 7.90. The van der Waals surface area contributed by atoms with Crippen molar-refractivity contribution in [3.05, 3.63) is 23.3 Å². The van der Waals surface area contributed by atoms with E-state index in [1.54, 1.807) is 6.08 Å². The Kier molecular flexibility index (Phi) is 3.94. The van der Waals surface area contributed by atoms with Gasteiger partial charge in [-0.05, 0) is 79.1 Å². The van der Waals surface area contributed by atoms with E-state index < -0.39 is 6.10 Å². The number of carbonyl (C=O) groups is 1. The summed E-state index contributed by atoms with van der Waals surface area (Å²) in [5.74, 6) is 1.78. The highest BCUT2D eigenvalue weighted by Gasteiger charge is 2.61. The van der Waals surface area contributed by atoms with Crippen molar-refractivity contribution in [3.8, 4) is 0 Å². The average Bonchev–Trinajstić information content (AvgIpc) is 3.16. The minimum absolute atomic E-state index is 0.0578. The molecule has 0 aromatic heterocycles. The highest BCUT2D eigenvalue weighted by atomic mass is 16.5. The Morgan fingerprint density at radius 2 is 1.93 bits per heavy atom. The molecule has 0 saturated heterocycles. The van der Waals surface area contributed by atoms with E-state index in [1.807, 2.05) is 6.08 Å². The summed E-state index contributed by atoms with van der Waals surface area (Å²) < 4.78 is 5.16. The van der Waals surface area contributed by atoms with Crippen molar-refractivity contribution < 1.29 is 19.7 Å². The van der Waals surface area contributed by atoms with Crippen LogP contribution in [0.4, 0.5) is 0 Å². The summed E-state index contributed by atoms with van der Waals surface area (Å²) in [4.78, 5) is 11.6. The van der Waals surface area contributed by atoms with Crippen LogP contribution in [0.15, 0.2) is 23.3 Å². The first-order valence-electron chi connectivity index (χ1n) is 10.8. The maximum atomic E-state index is 11.6. The molecule has 2 N–H and O–H groups in total. The standard InChI is InChI=1S/C23H32O4/c1-22-7-5-15(24)10-14(22)3-4-16-17(22)6-8-23(2)18(11-19(25)21(16)23)13-9-20(26)27-12-13/h9,11,14-17,19,21,24-25H,3-8,10,12H2,1-2H3. The van der Waals surface area contributed by atoms with Crippen LogP contribution in [0.2, 0.25) is 0 Å². The molecule has 0 aromatic rings. The summed E-state index contributed by atoms with van der Waals surface area (Å²) in [6.07, 6.45) is 10.7. The number of fused-ring (bicyclic) bond motifs is 5. The van der Waals surface area contributed by atoms with E-state index in [0.717, 1.165) is 43.3 Å². The van der Waals surface area contributed by atoms with Crippen LogP contribution in [-0.2, 0) is 9.53 Å². The predicted octanol–water partition coefficient (Wildman–Crippen LogP) is 3.38. The third-order valence-electron chi connectivity index (χ3n) is 9.22. The molecular weight excluding hydrogens is 340 g/mol. The summed E-state index contributed by atoms with van der Waals surface area (Å²) in [6.45, 7) is 5.12. The average molecular weight is 373 g/mol. The zero-order chi connectivity index (χ0) is 19.0. The highest BCUT2D eigenvalue weighted by Crippen LogP contribution is 2.67. The van der Waals surface area contributed by atoms with Crippen LogP contribution >= 0.6 is 0 Å². The van der Waals surface area contributed by atoms with Gasteiger partial charge in [-0.3, -0.25) is 0 Å². The number of cyclic esters (lactones) is 1. The van der Waals surface area contributed by atoms with Crippen LogP contribution in [0.1, 0.15) is 58.8 Å². The number of ether oxygens (including phenoxy) is 1. The van der Waals surface area contributed by atoms with Gasteiger partial charge in [-0.25, -0.2) is 4.79 Å². The second-order valence-corrected chi connectivity index (χ2v) is 10.3. The normalized spacial score (nSPS) is 51.6. The summed E-state index contributed by atoms with van der Waals surface area (Å²) in [6, 6.07) is 0. The summed E-state index contributed by atoms with van der Waals surface area (Å²) in [7, 11) is 0. The first-order chi connectivity index (χ1) is 12.8. The summed E-state index contributed by atoms with van der Waals surface area (Å²) in [5.41, 5.74) is 2.38. The first-order valence-corrected chi connectivity index (χ1v) is 10.8. The Hall–Kier alpha value is -1.13. The molecule has 8 atom stereocenters. The zero-order valence-electron chi connectivity index (χ0n) is 16.5. The van der Waals surface area contributed by atoms with Crippen molar-refractivity contribution in [1.82, 2.24) is 0 Å². The van der Waals surface area contributed by atoms with Gasteiger partial charge < -0.3 is 14.9 Å². The minimum atomic E-state index is -0.427. The second-order valence-electron chi connectivity index (χ2n) is 10.3. The third-order valence-corrected chi connectivity index (χ3v) is 9.22. The van der Waals surface area contributed by atoms with Gasteiger partial charge in [0.1, 0.15) is 6.61 Å². The number of hydrogen-bond donors (Lipinski definition) is 2. The maximum absolute atomic E-state index is 11.6. The molecule has 8 unspecified atom stereocenters. The molecule has 0 radical (unpaired) electrons. The third kappa shape index (κ3) is 2.45. The Labute approximate surface area is 161 Å².